The van der Waals surface area contributed by atoms with Gasteiger partial charge >= 0.3 is 11.9 Å². The Bertz CT molecular complexity index is 396. The van der Waals surface area contributed by atoms with Crippen LogP contribution in [0.3, 0.4) is 0 Å². The Morgan fingerprint density at radius 3 is 1.88 bits per heavy atom. The first kappa shape index (κ1) is 13.0. The number of ether oxygens (including phenoxy) is 3. The molecule has 1 rings (SSSR count). The molecule has 0 aliphatic carbocycles. The van der Waals surface area contributed by atoms with Crippen LogP contribution < -0.4 is 4.74 Å². The summed E-state index contributed by atoms with van der Waals surface area (Å²) >= 11 is 0. The van der Waals surface area contributed by atoms with Crippen molar-refractivity contribution >= 4 is 11.9 Å². The highest BCUT2D eigenvalue weighted by Crippen LogP contribution is 2.19. The molecule has 0 amide bonds. The lowest BCUT2D eigenvalue weighted by atomic mass is 10.1. The summed E-state index contributed by atoms with van der Waals surface area (Å²) < 4.78 is 25.6. The Hall–Kier alpha value is -2.11. The summed E-state index contributed by atoms with van der Waals surface area (Å²) in [4.78, 5) is 22.6. The third-order valence-corrected chi connectivity index (χ3v) is 1.97. The van der Waals surface area contributed by atoms with E-state index in [1.807, 2.05) is 0 Å². The van der Waals surface area contributed by atoms with Crippen LogP contribution in [0.2, 0.25) is 0 Å². The van der Waals surface area contributed by atoms with Crippen LogP contribution in [0.1, 0.15) is 20.7 Å². The zero-order valence-electron chi connectivity index (χ0n) is 9.36. The fraction of sp³-hybridized carbons (Fsp3) is 0.273. The van der Waals surface area contributed by atoms with E-state index in [-0.39, 0.29) is 16.9 Å². The van der Waals surface area contributed by atoms with Gasteiger partial charge in [-0.05, 0) is 18.2 Å². The van der Waals surface area contributed by atoms with E-state index in [1.165, 1.54) is 32.4 Å². The first-order chi connectivity index (χ1) is 8.12. The van der Waals surface area contributed by atoms with Crippen molar-refractivity contribution in [2.75, 3.05) is 21.1 Å². The van der Waals surface area contributed by atoms with E-state index in [4.69, 9.17) is 0 Å². The Kier molecular flexibility index (Phi) is 4.45. The van der Waals surface area contributed by atoms with Crippen LogP contribution in [0.5, 0.6) is 5.75 Å². The maximum atomic E-state index is 12.1. The zero-order chi connectivity index (χ0) is 12.8. The maximum Gasteiger partial charge on any atom is 0.338 e. The minimum Gasteiger partial charge on any atom is -0.465 e. The molecule has 5 nitrogen and oxygen atoms in total. The van der Waals surface area contributed by atoms with Gasteiger partial charge in [0, 0.05) is 0 Å². The van der Waals surface area contributed by atoms with Crippen molar-refractivity contribution in [3.63, 3.8) is 0 Å². The Labute approximate surface area is 97.1 Å². The molecule has 6 heteroatoms. The minimum absolute atomic E-state index is 0.0517. The van der Waals surface area contributed by atoms with Gasteiger partial charge < -0.3 is 14.2 Å². The molecule has 0 unspecified atom stereocenters. The summed E-state index contributed by atoms with van der Waals surface area (Å²) in [5.41, 5.74) is 0.165. The topological polar surface area (TPSA) is 61.8 Å². The summed E-state index contributed by atoms with van der Waals surface area (Å²) in [6.07, 6.45) is 0. The van der Waals surface area contributed by atoms with E-state index in [1.54, 1.807) is 0 Å². The van der Waals surface area contributed by atoms with E-state index in [9.17, 15) is 14.0 Å². The van der Waals surface area contributed by atoms with Crippen molar-refractivity contribution in [3.8, 4) is 5.75 Å². The predicted molar refractivity (Wildman–Crippen MR) is 55.7 cm³/mol. The van der Waals surface area contributed by atoms with Crippen molar-refractivity contribution < 1.29 is 28.2 Å². The molecule has 1 aromatic rings. The molecule has 0 saturated carbocycles. The third-order valence-electron chi connectivity index (χ3n) is 1.97. The first-order valence-corrected chi connectivity index (χ1v) is 4.63. The van der Waals surface area contributed by atoms with Crippen molar-refractivity contribution in [2.45, 2.75) is 0 Å². The van der Waals surface area contributed by atoms with E-state index in [0.29, 0.717) is 0 Å². The van der Waals surface area contributed by atoms with Gasteiger partial charge in [-0.3, -0.25) is 0 Å². The quantitative estimate of drug-likeness (QED) is 0.750. The number of rotatable bonds is 4. The van der Waals surface area contributed by atoms with Crippen LogP contribution in [0, 0.1) is 0 Å². The van der Waals surface area contributed by atoms with Gasteiger partial charge in [-0.2, -0.15) is 0 Å². The minimum atomic E-state index is -1.06. The number of methoxy groups -OCH3 is 2. The van der Waals surface area contributed by atoms with Crippen LogP contribution >= 0.6 is 0 Å². The molecule has 0 heterocycles. The molecule has 17 heavy (non-hydrogen) atoms. The van der Waals surface area contributed by atoms with Crippen molar-refractivity contribution in [2.24, 2.45) is 0 Å². The molecule has 0 radical (unpaired) electrons. The highest BCUT2D eigenvalue weighted by molar-refractivity contribution is 5.96. The molecule has 0 spiro atoms. The number of alkyl halides is 1. The van der Waals surface area contributed by atoms with Gasteiger partial charge in [-0.25, -0.2) is 14.0 Å². The van der Waals surface area contributed by atoms with Gasteiger partial charge in [-0.15, -0.1) is 0 Å². The number of esters is 2. The van der Waals surface area contributed by atoms with Gasteiger partial charge in [0.05, 0.1) is 25.3 Å². The number of benzene rings is 1. The fourth-order valence-corrected chi connectivity index (χ4v) is 1.22. The average Bonchev–Trinajstić information content (AvgIpc) is 2.36. The fourth-order valence-electron chi connectivity index (χ4n) is 1.22. The lowest BCUT2D eigenvalue weighted by Crippen LogP contribution is -2.07. The lowest BCUT2D eigenvalue weighted by Gasteiger charge is -2.07. The SMILES string of the molecule is COC(=O)c1cc(OCF)cc(C(=O)OC)c1. The lowest BCUT2D eigenvalue weighted by molar-refractivity contribution is 0.0597. The van der Waals surface area contributed by atoms with Crippen LogP contribution in [0.25, 0.3) is 0 Å². The molecular weight excluding hydrogens is 231 g/mol. The number of hydrogen-bond acceptors (Lipinski definition) is 5. The molecule has 0 aromatic heterocycles. The van der Waals surface area contributed by atoms with E-state index >= 15 is 0 Å². The molecule has 0 aliphatic rings. The summed E-state index contributed by atoms with van der Waals surface area (Å²) in [5, 5.41) is 0. The number of halogens is 1. The van der Waals surface area contributed by atoms with Crippen molar-refractivity contribution in [1.29, 1.82) is 0 Å². The molecule has 1 aromatic carbocycles. The second-order valence-electron chi connectivity index (χ2n) is 2.98. The van der Waals surface area contributed by atoms with E-state index < -0.39 is 18.8 Å². The second kappa shape index (κ2) is 5.83. The Morgan fingerprint density at radius 1 is 1.06 bits per heavy atom. The molecule has 0 N–H and O–H groups in total. The Balaban J connectivity index is 3.18. The largest absolute Gasteiger partial charge is 0.465 e. The van der Waals surface area contributed by atoms with E-state index in [0.717, 1.165) is 0 Å². The smallest absolute Gasteiger partial charge is 0.338 e. The predicted octanol–water partition coefficient (Wildman–Crippen LogP) is 1.57. The molecule has 92 valence electrons. The number of hydrogen-bond donors (Lipinski definition) is 0. The molecule has 0 bridgehead atoms. The van der Waals surface area contributed by atoms with Gasteiger partial charge in [0.25, 0.3) is 0 Å². The second-order valence-corrected chi connectivity index (χ2v) is 2.98. The number of carbonyl (C=O) groups excluding carboxylic acids is 2. The summed E-state index contributed by atoms with van der Waals surface area (Å²) in [5.74, 6) is -1.25. The molecule has 0 saturated heterocycles. The first-order valence-electron chi connectivity index (χ1n) is 4.63. The van der Waals surface area contributed by atoms with Crippen LogP contribution in [-0.4, -0.2) is 33.0 Å². The van der Waals surface area contributed by atoms with Crippen LogP contribution in [0.15, 0.2) is 18.2 Å². The summed E-state index contributed by atoms with van der Waals surface area (Å²) in [6.45, 7) is -1.06. The van der Waals surface area contributed by atoms with Crippen LogP contribution in [0.4, 0.5) is 4.39 Å². The molecule has 0 atom stereocenters. The standard InChI is InChI=1S/C11H11FO5/c1-15-10(13)7-3-8(11(14)16-2)5-9(4-7)17-6-12/h3-5H,6H2,1-2H3. The molecule has 0 fully saturated rings. The molecular formula is C11H11FO5. The van der Waals surface area contributed by atoms with Gasteiger partial charge in [-0.1, -0.05) is 0 Å². The highest BCUT2D eigenvalue weighted by atomic mass is 19.1. The third kappa shape index (κ3) is 3.17. The molecule has 0 aliphatic heterocycles. The number of carbonyl (C=O) groups is 2. The summed E-state index contributed by atoms with van der Waals surface area (Å²) in [6, 6.07) is 3.83. The Morgan fingerprint density at radius 2 is 1.53 bits per heavy atom. The van der Waals surface area contributed by atoms with Crippen molar-refractivity contribution in [3.05, 3.63) is 29.3 Å². The van der Waals surface area contributed by atoms with Gasteiger partial charge in [0.15, 0.2) is 0 Å². The highest BCUT2D eigenvalue weighted by Gasteiger charge is 2.14. The van der Waals surface area contributed by atoms with Crippen molar-refractivity contribution in [1.82, 2.24) is 0 Å². The van der Waals surface area contributed by atoms with Crippen LogP contribution in [-0.2, 0) is 9.47 Å². The monoisotopic (exact) mass is 242 g/mol. The normalized spacial score (nSPS) is 9.59. The summed E-state index contributed by atoms with van der Waals surface area (Å²) in [7, 11) is 2.39. The zero-order valence-corrected chi connectivity index (χ0v) is 9.36. The average molecular weight is 242 g/mol. The van der Waals surface area contributed by atoms with Gasteiger partial charge in [0.2, 0.25) is 6.86 Å². The van der Waals surface area contributed by atoms with Gasteiger partial charge in [0.1, 0.15) is 5.75 Å². The van der Waals surface area contributed by atoms with E-state index in [2.05, 4.69) is 14.2 Å². The maximum absolute atomic E-state index is 12.1.